The van der Waals surface area contributed by atoms with Crippen LogP contribution in [0.5, 0.6) is 0 Å². The van der Waals surface area contributed by atoms with E-state index in [-0.39, 0.29) is 18.0 Å². The van der Waals surface area contributed by atoms with Gasteiger partial charge in [-0.05, 0) is 31.9 Å². The molecule has 0 fully saturated rings. The molecule has 0 aliphatic carbocycles. The second-order valence-electron chi connectivity index (χ2n) is 10.4. The number of aliphatic hydroxyl groups is 1. The SMILES string of the molecule is CCCCCCCCCCCCCSC(CCCCCCC)C(C)OC(OCCC)C(O)([PH+]=O)C(=O)O. The number of hydrogen-bond acceptors (Lipinski definition) is 6. The van der Waals surface area contributed by atoms with Crippen molar-refractivity contribution in [1.29, 1.82) is 0 Å². The van der Waals surface area contributed by atoms with Gasteiger partial charge in [0, 0.05) is 11.9 Å². The van der Waals surface area contributed by atoms with Crippen molar-refractivity contribution in [2.45, 2.75) is 166 Å². The van der Waals surface area contributed by atoms with Gasteiger partial charge in [-0.1, -0.05) is 122 Å². The average Bonchev–Trinajstić information content (AvgIpc) is 2.89. The van der Waals surface area contributed by atoms with Crippen LogP contribution >= 0.6 is 20.2 Å². The van der Waals surface area contributed by atoms with E-state index in [9.17, 15) is 19.6 Å². The van der Waals surface area contributed by atoms with Crippen molar-refractivity contribution in [2.75, 3.05) is 12.4 Å². The van der Waals surface area contributed by atoms with E-state index in [4.69, 9.17) is 9.47 Å². The number of unbranched alkanes of at least 4 members (excludes halogenated alkanes) is 14. The molecule has 6 nitrogen and oxygen atoms in total. The first kappa shape index (κ1) is 36.8. The van der Waals surface area contributed by atoms with E-state index >= 15 is 0 Å². The Labute approximate surface area is 233 Å². The molecular weight excluding hydrogens is 507 g/mol. The van der Waals surface area contributed by atoms with Crippen molar-refractivity contribution in [3.63, 3.8) is 0 Å². The van der Waals surface area contributed by atoms with E-state index in [1.165, 1.54) is 89.9 Å². The summed E-state index contributed by atoms with van der Waals surface area (Å²) in [7, 11) is -1.48. The molecular formula is C29H58O6PS+. The van der Waals surface area contributed by atoms with E-state index in [1.807, 2.05) is 25.6 Å². The van der Waals surface area contributed by atoms with Gasteiger partial charge < -0.3 is 19.7 Å². The van der Waals surface area contributed by atoms with Crippen molar-refractivity contribution in [3.8, 4) is 0 Å². The molecule has 0 aliphatic rings. The predicted molar refractivity (Wildman–Crippen MR) is 158 cm³/mol. The molecule has 0 aliphatic heterocycles. The molecule has 5 unspecified atom stereocenters. The zero-order valence-corrected chi connectivity index (χ0v) is 26.1. The molecule has 0 saturated heterocycles. The molecule has 0 rings (SSSR count). The van der Waals surface area contributed by atoms with Crippen LogP contribution < -0.4 is 0 Å². The predicted octanol–water partition coefficient (Wildman–Crippen LogP) is 8.71. The molecule has 220 valence electrons. The Balaban J connectivity index is 4.69. The molecule has 0 bridgehead atoms. The lowest BCUT2D eigenvalue weighted by molar-refractivity contribution is -0.230. The zero-order chi connectivity index (χ0) is 27.8. The Morgan fingerprint density at radius 2 is 1.30 bits per heavy atom. The Morgan fingerprint density at radius 1 is 0.811 bits per heavy atom. The van der Waals surface area contributed by atoms with Crippen LogP contribution in [0.3, 0.4) is 0 Å². The van der Waals surface area contributed by atoms with Gasteiger partial charge in [-0.2, -0.15) is 11.8 Å². The summed E-state index contributed by atoms with van der Waals surface area (Å²) in [6.07, 6.45) is 20.3. The van der Waals surface area contributed by atoms with Gasteiger partial charge in [0.15, 0.2) is 0 Å². The molecule has 8 heteroatoms. The van der Waals surface area contributed by atoms with Crippen molar-refractivity contribution >= 4 is 26.2 Å². The van der Waals surface area contributed by atoms with Gasteiger partial charge in [-0.15, -0.1) is 0 Å². The smallest absolute Gasteiger partial charge is 0.407 e. The zero-order valence-electron chi connectivity index (χ0n) is 24.3. The molecule has 0 spiro atoms. The van der Waals surface area contributed by atoms with Crippen molar-refractivity contribution in [1.82, 2.24) is 0 Å². The maximum absolute atomic E-state index is 11.7. The van der Waals surface area contributed by atoms with Gasteiger partial charge in [0.2, 0.25) is 6.29 Å². The molecule has 0 aromatic heterocycles. The van der Waals surface area contributed by atoms with Crippen molar-refractivity contribution < 1.29 is 29.0 Å². The fourth-order valence-corrected chi connectivity index (χ4v) is 6.04. The van der Waals surface area contributed by atoms with E-state index in [0.29, 0.717) is 6.42 Å². The molecule has 37 heavy (non-hydrogen) atoms. The third kappa shape index (κ3) is 17.9. The molecule has 0 amide bonds. The molecule has 0 aromatic rings. The highest BCUT2D eigenvalue weighted by Gasteiger charge is 2.56. The fourth-order valence-electron chi connectivity index (χ4n) is 4.36. The van der Waals surface area contributed by atoms with Gasteiger partial charge in [0.25, 0.3) is 0 Å². The third-order valence-electron chi connectivity index (χ3n) is 6.83. The lowest BCUT2D eigenvalue weighted by Crippen LogP contribution is -2.50. The number of carboxylic acid groups (broad SMARTS) is 1. The first-order valence-electron chi connectivity index (χ1n) is 15.1. The summed E-state index contributed by atoms with van der Waals surface area (Å²) in [6.45, 7) is 8.50. The molecule has 0 aromatic carbocycles. The normalized spacial score (nSPS) is 15.9. The van der Waals surface area contributed by atoms with E-state index in [1.54, 1.807) is 0 Å². The topological polar surface area (TPSA) is 93.1 Å². The minimum absolute atomic E-state index is 0.172. The lowest BCUT2D eigenvalue weighted by atomic mass is 10.1. The summed E-state index contributed by atoms with van der Waals surface area (Å²) in [4.78, 5) is 11.7. The number of carbonyl (C=O) groups is 1. The summed E-state index contributed by atoms with van der Waals surface area (Å²) in [5.74, 6) is -0.545. The van der Waals surface area contributed by atoms with E-state index in [2.05, 4.69) is 13.8 Å². The Morgan fingerprint density at radius 3 is 1.76 bits per heavy atom. The molecule has 0 heterocycles. The summed E-state index contributed by atoms with van der Waals surface area (Å²) in [6, 6.07) is 0. The second-order valence-corrected chi connectivity index (χ2v) is 12.7. The van der Waals surface area contributed by atoms with Crippen LogP contribution in [0.25, 0.3) is 0 Å². The van der Waals surface area contributed by atoms with Gasteiger partial charge in [0.1, 0.15) is 0 Å². The monoisotopic (exact) mass is 565 g/mol. The third-order valence-corrected chi connectivity index (χ3v) is 9.16. The number of carboxylic acids is 1. The molecule has 0 saturated carbocycles. The van der Waals surface area contributed by atoms with Crippen LogP contribution in [0.15, 0.2) is 0 Å². The second kappa shape index (κ2) is 24.8. The fraction of sp³-hybridized carbons (Fsp3) is 0.966. The first-order valence-corrected chi connectivity index (χ1v) is 17.1. The molecule has 0 radical (unpaired) electrons. The van der Waals surface area contributed by atoms with Crippen LogP contribution in [0.4, 0.5) is 0 Å². The number of aliphatic carboxylic acids is 1. The summed E-state index contributed by atoms with van der Waals surface area (Å²) in [5, 5.41) is 17.6. The average molecular weight is 566 g/mol. The lowest BCUT2D eigenvalue weighted by Gasteiger charge is -2.30. The summed E-state index contributed by atoms with van der Waals surface area (Å²) >= 11 is 1.88. The van der Waals surface area contributed by atoms with E-state index < -0.39 is 26.1 Å². The van der Waals surface area contributed by atoms with Crippen LogP contribution in [0.1, 0.15) is 143 Å². The summed E-state index contributed by atoms with van der Waals surface area (Å²) in [5.41, 5.74) is 0. The Kier molecular flexibility index (Phi) is 24.7. The highest BCUT2D eigenvalue weighted by atomic mass is 32.2. The Hall–Kier alpha value is -0.200. The standard InChI is InChI=1S/C29H57O6PS/c1-5-8-10-12-13-14-15-16-17-19-21-24-37-26(22-20-18-11-9-6-2)25(4)35-28(34-23-7-3)29(32,36-33)27(30)31/h25-26,28,32H,5-24H2,1-4H3,(H,30,31)/p+1. The maximum atomic E-state index is 11.7. The van der Waals surface area contributed by atoms with Crippen LogP contribution in [0.2, 0.25) is 0 Å². The van der Waals surface area contributed by atoms with Crippen molar-refractivity contribution in [3.05, 3.63) is 0 Å². The van der Waals surface area contributed by atoms with Gasteiger partial charge in [0.05, 0.1) is 6.10 Å². The van der Waals surface area contributed by atoms with Crippen LogP contribution in [-0.2, 0) is 18.8 Å². The quantitative estimate of drug-likeness (QED) is 0.0556. The largest absolute Gasteiger partial charge is 0.476 e. The van der Waals surface area contributed by atoms with Gasteiger partial charge >= 0.3 is 19.8 Å². The number of ether oxygens (including phenoxy) is 2. The van der Waals surface area contributed by atoms with Gasteiger partial charge in [-0.25, -0.2) is 4.79 Å². The van der Waals surface area contributed by atoms with Crippen LogP contribution in [-0.4, -0.2) is 51.5 Å². The summed E-state index contributed by atoms with van der Waals surface area (Å²) < 4.78 is 23.2. The Bertz CT molecular complexity index is 552. The molecule has 2 N–H and O–H groups in total. The minimum Gasteiger partial charge on any atom is -0.476 e. The van der Waals surface area contributed by atoms with Gasteiger partial charge in [-0.3, -0.25) is 0 Å². The van der Waals surface area contributed by atoms with Crippen molar-refractivity contribution in [2.24, 2.45) is 0 Å². The number of hydrogen-bond donors (Lipinski definition) is 2. The van der Waals surface area contributed by atoms with Crippen LogP contribution in [0, 0.1) is 0 Å². The minimum atomic E-state index is -2.56. The maximum Gasteiger partial charge on any atom is 0.407 e. The highest BCUT2D eigenvalue weighted by Crippen LogP contribution is 2.32. The number of rotatable bonds is 28. The number of thioether (sulfide) groups is 1. The molecule has 5 atom stereocenters. The van der Waals surface area contributed by atoms with E-state index in [0.717, 1.165) is 25.0 Å². The highest BCUT2D eigenvalue weighted by molar-refractivity contribution is 7.99. The first-order chi connectivity index (χ1) is 17.9.